The Morgan fingerprint density at radius 3 is 3.07 bits per heavy atom. The van der Waals surface area contributed by atoms with Gasteiger partial charge in [-0.1, -0.05) is 13.0 Å². The maximum absolute atomic E-state index is 9.03. The highest BCUT2D eigenvalue weighted by atomic mass is 16.3. The van der Waals surface area contributed by atoms with Crippen molar-refractivity contribution in [2.24, 2.45) is 5.73 Å². The molecule has 1 atom stereocenters. The maximum Gasteiger partial charge on any atom is 0.160 e. The average Bonchev–Trinajstić information content (AvgIpc) is 2.70. The van der Waals surface area contributed by atoms with Crippen LogP contribution in [0.25, 0.3) is 5.65 Å². The Bertz CT molecular complexity index is 465. The van der Waals surface area contributed by atoms with Gasteiger partial charge in [0.25, 0.3) is 0 Å². The first-order valence-corrected chi connectivity index (χ1v) is 4.97. The van der Waals surface area contributed by atoms with Crippen LogP contribution in [0.5, 0.6) is 0 Å². The van der Waals surface area contributed by atoms with E-state index in [0.717, 1.165) is 23.5 Å². The summed E-state index contributed by atoms with van der Waals surface area (Å²) in [7, 11) is 0. The summed E-state index contributed by atoms with van der Waals surface area (Å²) in [6.45, 7) is 1.91. The maximum atomic E-state index is 9.03. The molecule has 0 aromatic carbocycles. The van der Waals surface area contributed by atoms with Crippen molar-refractivity contribution in [3.63, 3.8) is 0 Å². The van der Waals surface area contributed by atoms with E-state index in [1.54, 1.807) is 4.52 Å². The fourth-order valence-electron chi connectivity index (χ4n) is 1.51. The fraction of sp³-hybridized carbons (Fsp3) is 0.400. The Labute approximate surface area is 87.6 Å². The predicted molar refractivity (Wildman–Crippen MR) is 56.4 cm³/mol. The molecule has 0 fully saturated rings. The zero-order chi connectivity index (χ0) is 10.8. The number of fused-ring (bicyclic) bond motifs is 1. The van der Waals surface area contributed by atoms with Crippen molar-refractivity contribution in [2.45, 2.75) is 19.4 Å². The third-order valence-corrected chi connectivity index (χ3v) is 2.35. The summed E-state index contributed by atoms with van der Waals surface area (Å²) < 4.78 is 1.70. The van der Waals surface area contributed by atoms with E-state index in [9.17, 15) is 0 Å². The summed E-state index contributed by atoms with van der Waals surface area (Å²) in [6, 6.07) is 3.32. The van der Waals surface area contributed by atoms with Crippen LogP contribution in [-0.4, -0.2) is 26.3 Å². The standard InChI is InChI=1S/C10H14N4O/c1-2-9-12-10-7(8(11)6-15)4-3-5-14(10)13-9/h3-5,8,15H,2,6,11H2,1H3. The van der Waals surface area contributed by atoms with Crippen LogP contribution in [-0.2, 0) is 6.42 Å². The molecule has 2 aromatic heterocycles. The number of nitrogens with two attached hydrogens (primary N) is 1. The summed E-state index contributed by atoms with van der Waals surface area (Å²) in [5.41, 5.74) is 7.34. The molecule has 2 heterocycles. The number of aromatic nitrogens is 3. The SMILES string of the molecule is CCc1nc2c(C(N)CO)cccn2n1. The second-order valence-electron chi connectivity index (χ2n) is 3.40. The zero-order valence-electron chi connectivity index (χ0n) is 8.59. The largest absolute Gasteiger partial charge is 0.394 e. The molecular formula is C10H14N4O. The zero-order valence-corrected chi connectivity index (χ0v) is 8.59. The van der Waals surface area contributed by atoms with Gasteiger partial charge in [-0.05, 0) is 6.07 Å². The van der Waals surface area contributed by atoms with Crippen LogP contribution in [0.2, 0.25) is 0 Å². The second-order valence-corrected chi connectivity index (χ2v) is 3.40. The minimum absolute atomic E-state index is 0.0893. The molecule has 2 rings (SSSR count). The van der Waals surface area contributed by atoms with E-state index in [-0.39, 0.29) is 6.61 Å². The Kier molecular flexibility index (Phi) is 2.66. The topological polar surface area (TPSA) is 76.4 Å². The van der Waals surface area contributed by atoms with Crippen LogP contribution in [0.1, 0.15) is 24.4 Å². The number of nitrogens with zero attached hydrogens (tertiary/aromatic N) is 3. The quantitative estimate of drug-likeness (QED) is 0.756. The molecule has 0 aliphatic carbocycles. The average molecular weight is 206 g/mol. The van der Waals surface area contributed by atoms with Crippen LogP contribution in [0.15, 0.2) is 18.3 Å². The lowest BCUT2D eigenvalue weighted by atomic mass is 10.1. The lowest BCUT2D eigenvalue weighted by molar-refractivity contribution is 0.268. The molecule has 0 aliphatic heterocycles. The summed E-state index contributed by atoms with van der Waals surface area (Å²) in [6.07, 6.45) is 2.62. The molecule has 2 aromatic rings. The Morgan fingerprint density at radius 1 is 1.60 bits per heavy atom. The van der Waals surface area contributed by atoms with Gasteiger partial charge in [-0.15, -0.1) is 0 Å². The van der Waals surface area contributed by atoms with Crippen LogP contribution < -0.4 is 5.73 Å². The minimum atomic E-state index is -0.400. The number of aryl methyl sites for hydroxylation is 1. The van der Waals surface area contributed by atoms with E-state index < -0.39 is 6.04 Å². The summed E-state index contributed by atoms with van der Waals surface area (Å²) in [5, 5.41) is 13.3. The molecule has 5 heteroatoms. The van der Waals surface area contributed by atoms with Crippen molar-refractivity contribution in [1.29, 1.82) is 0 Å². The Balaban J connectivity index is 2.59. The number of pyridine rings is 1. The van der Waals surface area contributed by atoms with Gasteiger partial charge in [0.05, 0.1) is 12.6 Å². The van der Waals surface area contributed by atoms with E-state index in [4.69, 9.17) is 10.8 Å². The predicted octanol–water partition coefficient (Wildman–Crippen LogP) is 0.284. The summed E-state index contributed by atoms with van der Waals surface area (Å²) in [4.78, 5) is 4.36. The number of rotatable bonds is 3. The first-order valence-electron chi connectivity index (χ1n) is 4.97. The van der Waals surface area contributed by atoms with E-state index in [1.165, 1.54) is 0 Å². The molecule has 0 amide bonds. The van der Waals surface area contributed by atoms with Gasteiger partial charge < -0.3 is 10.8 Å². The van der Waals surface area contributed by atoms with Crippen molar-refractivity contribution in [2.75, 3.05) is 6.61 Å². The highest BCUT2D eigenvalue weighted by Crippen LogP contribution is 2.15. The molecule has 0 spiro atoms. The van der Waals surface area contributed by atoms with Gasteiger partial charge in [0.1, 0.15) is 0 Å². The smallest absolute Gasteiger partial charge is 0.160 e. The molecule has 3 N–H and O–H groups in total. The van der Waals surface area contributed by atoms with E-state index in [1.807, 2.05) is 25.3 Å². The number of aliphatic hydroxyl groups excluding tert-OH is 1. The highest BCUT2D eigenvalue weighted by molar-refractivity contribution is 5.48. The van der Waals surface area contributed by atoms with Gasteiger partial charge in [-0.25, -0.2) is 9.50 Å². The Hall–Kier alpha value is -1.46. The highest BCUT2D eigenvalue weighted by Gasteiger charge is 2.11. The molecule has 0 radical (unpaired) electrons. The van der Waals surface area contributed by atoms with Crippen molar-refractivity contribution >= 4 is 5.65 Å². The van der Waals surface area contributed by atoms with Crippen LogP contribution in [0.3, 0.4) is 0 Å². The Morgan fingerprint density at radius 2 is 2.40 bits per heavy atom. The first-order chi connectivity index (χ1) is 7.26. The van der Waals surface area contributed by atoms with Crippen LogP contribution >= 0.6 is 0 Å². The number of hydrogen-bond acceptors (Lipinski definition) is 4. The number of hydrogen-bond donors (Lipinski definition) is 2. The second kappa shape index (κ2) is 3.96. The molecule has 0 saturated carbocycles. The lowest BCUT2D eigenvalue weighted by Crippen LogP contribution is -2.15. The van der Waals surface area contributed by atoms with E-state index >= 15 is 0 Å². The molecular weight excluding hydrogens is 192 g/mol. The fourth-order valence-corrected chi connectivity index (χ4v) is 1.51. The van der Waals surface area contributed by atoms with Gasteiger partial charge in [0, 0.05) is 18.2 Å². The molecule has 0 aliphatic rings. The van der Waals surface area contributed by atoms with Crippen molar-refractivity contribution < 1.29 is 5.11 Å². The molecule has 1 unspecified atom stereocenters. The van der Waals surface area contributed by atoms with Crippen molar-refractivity contribution in [3.05, 3.63) is 29.7 Å². The monoisotopic (exact) mass is 206 g/mol. The number of aliphatic hydroxyl groups is 1. The van der Waals surface area contributed by atoms with Gasteiger partial charge in [0.15, 0.2) is 11.5 Å². The normalized spacial score (nSPS) is 13.3. The van der Waals surface area contributed by atoms with Gasteiger partial charge in [-0.3, -0.25) is 0 Å². The molecule has 5 nitrogen and oxygen atoms in total. The van der Waals surface area contributed by atoms with Gasteiger partial charge in [0.2, 0.25) is 0 Å². The van der Waals surface area contributed by atoms with E-state index in [2.05, 4.69) is 10.1 Å². The third kappa shape index (κ3) is 1.71. The minimum Gasteiger partial charge on any atom is -0.394 e. The summed E-state index contributed by atoms with van der Waals surface area (Å²) >= 11 is 0. The van der Waals surface area contributed by atoms with Gasteiger partial charge >= 0.3 is 0 Å². The molecule has 0 bridgehead atoms. The molecule has 80 valence electrons. The first kappa shape index (κ1) is 10.1. The van der Waals surface area contributed by atoms with Crippen LogP contribution in [0.4, 0.5) is 0 Å². The summed E-state index contributed by atoms with van der Waals surface area (Å²) in [5.74, 6) is 0.785. The van der Waals surface area contributed by atoms with Gasteiger partial charge in [-0.2, -0.15) is 5.10 Å². The van der Waals surface area contributed by atoms with Crippen molar-refractivity contribution in [1.82, 2.24) is 14.6 Å². The molecule has 0 saturated heterocycles. The van der Waals surface area contributed by atoms with Crippen LogP contribution in [0, 0.1) is 0 Å². The van der Waals surface area contributed by atoms with E-state index in [0.29, 0.717) is 0 Å². The third-order valence-electron chi connectivity index (χ3n) is 2.35. The lowest BCUT2D eigenvalue weighted by Gasteiger charge is -2.08. The molecule has 15 heavy (non-hydrogen) atoms. The van der Waals surface area contributed by atoms with Crippen molar-refractivity contribution in [3.8, 4) is 0 Å².